The molecule has 0 bridgehead atoms. The minimum Gasteiger partial charge on any atom is -0.497 e. The van der Waals surface area contributed by atoms with E-state index in [0.29, 0.717) is 11.8 Å². The molecule has 0 radical (unpaired) electrons. The van der Waals surface area contributed by atoms with Gasteiger partial charge in [0.25, 0.3) is 0 Å². The molecule has 0 N–H and O–H groups in total. The van der Waals surface area contributed by atoms with Crippen molar-refractivity contribution in [2.24, 2.45) is 11.8 Å². The summed E-state index contributed by atoms with van der Waals surface area (Å²) in [7, 11) is 1.70. The van der Waals surface area contributed by atoms with E-state index < -0.39 is 0 Å². The van der Waals surface area contributed by atoms with Gasteiger partial charge < -0.3 is 9.64 Å². The Morgan fingerprint density at radius 1 is 1.09 bits per heavy atom. The molecule has 1 saturated carbocycles. The van der Waals surface area contributed by atoms with E-state index in [1.54, 1.807) is 7.11 Å². The number of amides is 1. The number of nitrogens with zero attached hydrogens (tertiary/aromatic N) is 1. The molecule has 3 nitrogen and oxygen atoms in total. The summed E-state index contributed by atoms with van der Waals surface area (Å²) >= 11 is 0. The second kappa shape index (κ2) is 7.85. The zero-order valence-electron chi connectivity index (χ0n) is 14.3. The first kappa shape index (κ1) is 16.4. The Morgan fingerprint density at radius 2 is 1.74 bits per heavy atom. The van der Waals surface area contributed by atoms with E-state index in [4.69, 9.17) is 4.74 Å². The maximum atomic E-state index is 12.5. The van der Waals surface area contributed by atoms with Crippen LogP contribution in [0.2, 0.25) is 0 Å². The summed E-state index contributed by atoms with van der Waals surface area (Å²) in [4.78, 5) is 14.6. The number of hydrogen-bond acceptors (Lipinski definition) is 2. The standard InChI is InChI=1S/C20H29NO2/c1-23-19-10-8-16(9-11-19)6-7-17-12-14-21(15-13-17)20(22)18-4-2-3-5-18/h8-11,17-18H,2-7,12-15H2,1H3. The summed E-state index contributed by atoms with van der Waals surface area (Å²) in [6, 6.07) is 8.41. The molecule has 3 heteroatoms. The molecule has 126 valence electrons. The van der Waals surface area contributed by atoms with E-state index >= 15 is 0 Å². The van der Waals surface area contributed by atoms with Crippen LogP contribution in [0, 0.1) is 11.8 Å². The van der Waals surface area contributed by atoms with Crippen molar-refractivity contribution in [3.05, 3.63) is 29.8 Å². The van der Waals surface area contributed by atoms with Crippen molar-refractivity contribution in [1.82, 2.24) is 4.90 Å². The second-order valence-electron chi connectivity index (χ2n) is 7.14. The minimum atomic E-state index is 0.339. The van der Waals surface area contributed by atoms with Crippen LogP contribution in [0.15, 0.2) is 24.3 Å². The highest BCUT2D eigenvalue weighted by atomic mass is 16.5. The molecule has 0 aromatic heterocycles. The lowest BCUT2D eigenvalue weighted by Crippen LogP contribution is -2.41. The van der Waals surface area contributed by atoms with Crippen molar-refractivity contribution < 1.29 is 9.53 Å². The summed E-state index contributed by atoms with van der Waals surface area (Å²) in [5.74, 6) is 2.47. The summed E-state index contributed by atoms with van der Waals surface area (Å²) in [5, 5.41) is 0. The van der Waals surface area contributed by atoms with Gasteiger partial charge in [0.05, 0.1) is 7.11 Å². The van der Waals surface area contributed by atoms with Crippen LogP contribution >= 0.6 is 0 Å². The Balaban J connectivity index is 1.41. The molecule has 1 aliphatic carbocycles. The smallest absolute Gasteiger partial charge is 0.225 e. The highest BCUT2D eigenvalue weighted by Crippen LogP contribution is 2.29. The maximum absolute atomic E-state index is 12.5. The van der Waals surface area contributed by atoms with Crippen LogP contribution in [0.4, 0.5) is 0 Å². The van der Waals surface area contributed by atoms with Crippen LogP contribution in [0.1, 0.15) is 50.5 Å². The number of likely N-dealkylation sites (tertiary alicyclic amines) is 1. The molecule has 2 aliphatic rings. The van der Waals surface area contributed by atoms with Crippen LogP contribution in [-0.4, -0.2) is 31.0 Å². The average molecular weight is 315 g/mol. The molecule has 0 spiro atoms. The molecule has 1 aliphatic heterocycles. The number of carbonyl (C=O) groups excluding carboxylic acids is 1. The highest BCUT2D eigenvalue weighted by Gasteiger charge is 2.29. The first-order valence-electron chi connectivity index (χ1n) is 9.18. The van der Waals surface area contributed by atoms with Gasteiger partial charge in [0.2, 0.25) is 5.91 Å². The predicted octanol–water partition coefficient (Wildman–Crippen LogP) is 4.06. The third-order valence-electron chi connectivity index (χ3n) is 5.63. The first-order chi connectivity index (χ1) is 11.3. The van der Waals surface area contributed by atoms with Gasteiger partial charge in [0, 0.05) is 19.0 Å². The van der Waals surface area contributed by atoms with E-state index in [-0.39, 0.29) is 0 Å². The highest BCUT2D eigenvalue weighted by molar-refractivity contribution is 5.79. The average Bonchev–Trinajstić information content (AvgIpc) is 3.15. The molecule has 1 saturated heterocycles. The van der Waals surface area contributed by atoms with E-state index in [0.717, 1.165) is 44.0 Å². The van der Waals surface area contributed by atoms with Crippen molar-refractivity contribution >= 4 is 5.91 Å². The fraction of sp³-hybridized carbons (Fsp3) is 0.650. The molecule has 1 aromatic rings. The van der Waals surface area contributed by atoms with Gasteiger partial charge in [-0.15, -0.1) is 0 Å². The van der Waals surface area contributed by atoms with E-state index in [1.807, 2.05) is 12.1 Å². The zero-order valence-corrected chi connectivity index (χ0v) is 14.3. The molecule has 0 unspecified atom stereocenters. The Kier molecular flexibility index (Phi) is 5.58. The van der Waals surface area contributed by atoms with E-state index in [1.165, 1.54) is 37.7 Å². The van der Waals surface area contributed by atoms with E-state index in [9.17, 15) is 4.79 Å². The Morgan fingerprint density at radius 3 is 2.35 bits per heavy atom. The molecular weight excluding hydrogens is 286 g/mol. The molecule has 23 heavy (non-hydrogen) atoms. The van der Waals surface area contributed by atoms with Crippen LogP contribution in [0.25, 0.3) is 0 Å². The molecule has 1 heterocycles. The lowest BCUT2D eigenvalue weighted by molar-refractivity contribution is -0.136. The number of benzene rings is 1. The zero-order chi connectivity index (χ0) is 16.1. The first-order valence-corrected chi connectivity index (χ1v) is 9.18. The van der Waals surface area contributed by atoms with Crippen molar-refractivity contribution in [3.63, 3.8) is 0 Å². The Hall–Kier alpha value is -1.51. The fourth-order valence-electron chi connectivity index (χ4n) is 4.04. The van der Waals surface area contributed by atoms with Gasteiger partial charge in [-0.25, -0.2) is 0 Å². The lowest BCUT2D eigenvalue weighted by atomic mass is 9.90. The second-order valence-corrected chi connectivity index (χ2v) is 7.14. The number of ether oxygens (including phenoxy) is 1. The molecule has 0 atom stereocenters. The van der Waals surface area contributed by atoms with Gasteiger partial charge in [-0.1, -0.05) is 25.0 Å². The number of methoxy groups -OCH3 is 1. The maximum Gasteiger partial charge on any atom is 0.225 e. The van der Waals surface area contributed by atoms with Gasteiger partial charge in [-0.3, -0.25) is 4.79 Å². The van der Waals surface area contributed by atoms with E-state index in [2.05, 4.69) is 17.0 Å². The Labute approximate surface area is 140 Å². The van der Waals surface area contributed by atoms with Crippen molar-refractivity contribution in [1.29, 1.82) is 0 Å². The molecule has 1 aromatic carbocycles. The van der Waals surface area contributed by atoms with Crippen LogP contribution < -0.4 is 4.74 Å². The number of rotatable bonds is 5. The molecule has 3 rings (SSSR count). The van der Waals surface area contributed by atoms with Gasteiger partial charge in [-0.05, 0) is 62.1 Å². The summed E-state index contributed by atoms with van der Waals surface area (Å²) < 4.78 is 5.20. The summed E-state index contributed by atoms with van der Waals surface area (Å²) in [6.07, 6.45) is 9.45. The number of hydrogen-bond donors (Lipinski definition) is 0. The quantitative estimate of drug-likeness (QED) is 0.820. The van der Waals surface area contributed by atoms with Gasteiger partial charge in [-0.2, -0.15) is 0 Å². The largest absolute Gasteiger partial charge is 0.497 e. The third kappa shape index (κ3) is 4.27. The predicted molar refractivity (Wildman–Crippen MR) is 92.6 cm³/mol. The SMILES string of the molecule is COc1ccc(CCC2CCN(C(=O)C3CCCC3)CC2)cc1. The van der Waals surface area contributed by atoms with Crippen molar-refractivity contribution in [3.8, 4) is 5.75 Å². The van der Waals surface area contributed by atoms with Gasteiger partial charge in [0.15, 0.2) is 0 Å². The van der Waals surface area contributed by atoms with Gasteiger partial charge in [0.1, 0.15) is 5.75 Å². The third-order valence-corrected chi connectivity index (χ3v) is 5.63. The molecular formula is C20H29NO2. The van der Waals surface area contributed by atoms with Crippen LogP contribution in [0.5, 0.6) is 5.75 Å². The normalized spacial score (nSPS) is 20.0. The number of piperidine rings is 1. The van der Waals surface area contributed by atoms with Crippen molar-refractivity contribution in [2.45, 2.75) is 51.4 Å². The summed E-state index contributed by atoms with van der Waals surface area (Å²) in [6.45, 7) is 1.95. The molecule has 1 amide bonds. The van der Waals surface area contributed by atoms with Crippen molar-refractivity contribution in [2.75, 3.05) is 20.2 Å². The number of aryl methyl sites for hydroxylation is 1. The lowest BCUT2D eigenvalue weighted by Gasteiger charge is -2.33. The number of carbonyl (C=O) groups is 1. The van der Waals surface area contributed by atoms with Crippen LogP contribution in [0.3, 0.4) is 0 Å². The Bertz CT molecular complexity index is 497. The summed E-state index contributed by atoms with van der Waals surface area (Å²) in [5.41, 5.74) is 1.38. The minimum absolute atomic E-state index is 0.339. The topological polar surface area (TPSA) is 29.5 Å². The van der Waals surface area contributed by atoms with Crippen LogP contribution in [-0.2, 0) is 11.2 Å². The fourth-order valence-corrected chi connectivity index (χ4v) is 4.04. The molecule has 2 fully saturated rings. The van der Waals surface area contributed by atoms with Gasteiger partial charge >= 0.3 is 0 Å². The monoisotopic (exact) mass is 315 g/mol.